The molecule has 0 saturated carbocycles. The monoisotopic (exact) mass is 479 g/mol. The van der Waals surface area contributed by atoms with Gasteiger partial charge >= 0.3 is 0 Å². The fourth-order valence-corrected chi connectivity index (χ4v) is 6.12. The number of fused-ring (bicyclic) bond motifs is 5. The Bertz CT molecular complexity index is 1380. The molecule has 0 spiro atoms. The predicted octanol–water partition coefficient (Wildman–Crippen LogP) is 8.86. The van der Waals surface area contributed by atoms with Crippen LogP contribution in [0.15, 0.2) is 89.4 Å². The molecule has 0 amide bonds. The number of para-hydroxylation sites is 1. The van der Waals surface area contributed by atoms with Gasteiger partial charge in [-0.05, 0) is 75.8 Å². The SMILES string of the molecule is CC1(C)c2ccccc2-c2cc3c(cc21)N(c1ccccc1)c1ccc(Br)cc1C3(C)C. The normalized spacial score (nSPS) is 16.7. The summed E-state index contributed by atoms with van der Waals surface area (Å²) in [5, 5.41) is 0. The molecule has 1 nitrogen and oxygen atoms in total. The quantitative estimate of drug-likeness (QED) is 0.263. The Hall–Kier alpha value is -2.84. The molecule has 4 aromatic rings. The number of rotatable bonds is 1. The molecule has 0 radical (unpaired) electrons. The van der Waals surface area contributed by atoms with E-state index in [0.717, 1.165) is 4.47 Å². The molecular weight excluding hydrogens is 454 g/mol. The smallest absolute Gasteiger partial charge is 0.0506 e. The lowest BCUT2D eigenvalue weighted by Gasteiger charge is -2.43. The molecule has 1 aliphatic carbocycles. The molecule has 2 aliphatic rings. The van der Waals surface area contributed by atoms with Gasteiger partial charge in [0.1, 0.15) is 0 Å². The fourth-order valence-electron chi connectivity index (χ4n) is 5.76. The van der Waals surface area contributed by atoms with Crippen molar-refractivity contribution in [2.24, 2.45) is 0 Å². The van der Waals surface area contributed by atoms with Crippen molar-refractivity contribution in [3.8, 4) is 11.1 Å². The maximum Gasteiger partial charge on any atom is 0.0506 e. The molecule has 0 unspecified atom stereocenters. The Kier molecular flexibility index (Phi) is 4.08. The van der Waals surface area contributed by atoms with E-state index in [0.29, 0.717) is 0 Å². The van der Waals surface area contributed by atoms with Crippen LogP contribution in [0, 0.1) is 0 Å². The molecule has 0 N–H and O–H groups in total. The van der Waals surface area contributed by atoms with Crippen molar-refractivity contribution in [1.82, 2.24) is 0 Å². The van der Waals surface area contributed by atoms with Crippen LogP contribution in [-0.4, -0.2) is 0 Å². The molecular formula is C30H26BrN. The first kappa shape index (κ1) is 19.8. The molecule has 0 aromatic heterocycles. The molecule has 0 fully saturated rings. The maximum atomic E-state index is 3.73. The van der Waals surface area contributed by atoms with Crippen molar-refractivity contribution < 1.29 is 0 Å². The Morgan fingerprint density at radius 3 is 2.00 bits per heavy atom. The summed E-state index contributed by atoms with van der Waals surface area (Å²) in [4.78, 5) is 2.45. The summed E-state index contributed by atoms with van der Waals surface area (Å²) in [5.41, 5.74) is 11.9. The summed E-state index contributed by atoms with van der Waals surface area (Å²) in [6, 6.07) is 31.3. The highest BCUT2D eigenvalue weighted by Gasteiger charge is 2.42. The van der Waals surface area contributed by atoms with Gasteiger partial charge in [0.2, 0.25) is 0 Å². The third kappa shape index (κ3) is 2.56. The van der Waals surface area contributed by atoms with E-state index in [2.05, 4.69) is 133 Å². The van der Waals surface area contributed by atoms with Gasteiger partial charge in [-0.1, -0.05) is 86.1 Å². The summed E-state index contributed by atoms with van der Waals surface area (Å²) >= 11 is 3.73. The van der Waals surface area contributed by atoms with Crippen LogP contribution < -0.4 is 4.90 Å². The molecule has 0 saturated heterocycles. The molecule has 158 valence electrons. The average molecular weight is 480 g/mol. The van der Waals surface area contributed by atoms with Crippen LogP contribution in [0.1, 0.15) is 49.9 Å². The van der Waals surface area contributed by atoms with Crippen molar-refractivity contribution in [3.63, 3.8) is 0 Å². The van der Waals surface area contributed by atoms with E-state index in [-0.39, 0.29) is 10.8 Å². The average Bonchev–Trinajstić information content (AvgIpc) is 3.01. The minimum Gasteiger partial charge on any atom is -0.310 e. The van der Waals surface area contributed by atoms with E-state index in [1.807, 2.05) is 0 Å². The van der Waals surface area contributed by atoms with Crippen molar-refractivity contribution in [2.45, 2.75) is 38.5 Å². The van der Waals surface area contributed by atoms with E-state index in [9.17, 15) is 0 Å². The largest absolute Gasteiger partial charge is 0.310 e. The molecule has 2 heteroatoms. The van der Waals surface area contributed by atoms with Crippen LogP contribution in [0.4, 0.5) is 17.1 Å². The fraction of sp³-hybridized carbons (Fsp3) is 0.200. The van der Waals surface area contributed by atoms with E-state index in [1.165, 1.54) is 50.4 Å². The van der Waals surface area contributed by atoms with Crippen molar-refractivity contribution >= 4 is 33.0 Å². The number of benzene rings is 4. The number of halogens is 1. The highest BCUT2D eigenvalue weighted by Crippen LogP contribution is 2.57. The number of anilines is 3. The van der Waals surface area contributed by atoms with Crippen LogP contribution >= 0.6 is 15.9 Å². The highest BCUT2D eigenvalue weighted by molar-refractivity contribution is 9.10. The molecule has 1 heterocycles. The van der Waals surface area contributed by atoms with Crippen molar-refractivity contribution in [2.75, 3.05) is 4.90 Å². The number of nitrogens with zero attached hydrogens (tertiary/aromatic N) is 1. The van der Waals surface area contributed by atoms with Gasteiger partial charge in [-0.2, -0.15) is 0 Å². The van der Waals surface area contributed by atoms with E-state index in [1.54, 1.807) is 0 Å². The number of hydrogen-bond acceptors (Lipinski definition) is 1. The zero-order valence-corrected chi connectivity index (χ0v) is 20.5. The van der Waals surface area contributed by atoms with Gasteiger partial charge in [-0.25, -0.2) is 0 Å². The van der Waals surface area contributed by atoms with Gasteiger partial charge in [-0.15, -0.1) is 0 Å². The van der Waals surface area contributed by atoms with Gasteiger partial charge in [0.15, 0.2) is 0 Å². The minimum absolute atomic E-state index is 0.0204. The van der Waals surface area contributed by atoms with Crippen molar-refractivity contribution in [3.05, 3.63) is 112 Å². The first-order valence-electron chi connectivity index (χ1n) is 11.2. The summed E-state index contributed by atoms with van der Waals surface area (Å²) in [6.45, 7) is 9.43. The minimum atomic E-state index is -0.115. The Morgan fingerprint density at radius 2 is 1.22 bits per heavy atom. The van der Waals surface area contributed by atoms with Crippen LogP contribution in [0.2, 0.25) is 0 Å². The Morgan fingerprint density at radius 1 is 0.562 bits per heavy atom. The summed E-state index contributed by atoms with van der Waals surface area (Å²) in [6.07, 6.45) is 0. The van der Waals surface area contributed by atoms with E-state index in [4.69, 9.17) is 0 Å². The molecule has 32 heavy (non-hydrogen) atoms. The van der Waals surface area contributed by atoms with Gasteiger partial charge < -0.3 is 4.90 Å². The molecule has 4 aromatic carbocycles. The van der Waals surface area contributed by atoms with Crippen LogP contribution in [0.25, 0.3) is 11.1 Å². The third-order valence-electron chi connectivity index (χ3n) is 7.50. The maximum absolute atomic E-state index is 3.73. The predicted molar refractivity (Wildman–Crippen MR) is 139 cm³/mol. The third-order valence-corrected chi connectivity index (χ3v) is 7.99. The summed E-state index contributed by atoms with van der Waals surface area (Å²) in [5.74, 6) is 0. The van der Waals surface area contributed by atoms with E-state index >= 15 is 0 Å². The standard InChI is InChI=1S/C30H26BrN/c1-29(2)23-13-9-8-12-21(23)22-17-26-28(18-24(22)29)32(20-10-6-5-7-11-20)27-15-14-19(31)16-25(27)30(26,3)4/h5-18H,1-4H3. The highest BCUT2D eigenvalue weighted by atomic mass is 79.9. The second-order valence-corrected chi connectivity index (χ2v) is 11.0. The topological polar surface area (TPSA) is 3.24 Å². The Labute approximate surface area is 198 Å². The number of hydrogen-bond donors (Lipinski definition) is 0. The summed E-state index contributed by atoms with van der Waals surface area (Å²) in [7, 11) is 0. The summed E-state index contributed by atoms with van der Waals surface area (Å²) < 4.78 is 1.12. The van der Waals surface area contributed by atoms with Crippen LogP contribution in [0.5, 0.6) is 0 Å². The van der Waals surface area contributed by atoms with Gasteiger partial charge in [0.05, 0.1) is 11.4 Å². The zero-order valence-electron chi connectivity index (χ0n) is 18.9. The molecule has 0 bridgehead atoms. The lowest BCUT2D eigenvalue weighted by Crippen LogP contribution is -2.31. The first-order valence-corrected chi connectivity index (χ1v) is 12.0. The molecule has 0 atom stereocenters. The second kappa shape index (κ2) is 6.59. The second-order valence-electron chi connectivity index (χ2n) is 10.0. The van der Waals surface area contributed by atoms with Crippen LogP contribution in [-0.2, 0) is 10.8 Å². The molecule has 6 rings (SSSR count). The lowest BCUT2D eigenvalue weighted by molar-refractivity contribution is 0.627. The molecule has 1 aliphatic heterocycles. The van der Waals surface area contributed by atoms with Crippen LogP contribution in [0.3, 0.4) is 0 Å². The lowest BCUT2D eigenvalue weighted by atomic mass is 9.72. The first-order chi connectivity index (χ1) is 15.3. The van der Waals surface area contributed by atoms with Gasteiger partial charge in [0, 0.05) is 21.0 Å². The van der Waals surface area contributed by atoms with E-state index < -0.39 is 0 Å². The Balaban J connectivity index is 1.71. The van der Waals surface area contributed by atoms with Crippen molar-refractivity contribution in [1.29, 1.82) is 0 Å². The van der Waals surface area contributed by atoms with Gasteiger partial charge in [0.25, 0.3) is 0 Å². The zero-order chi connectivity index (χ0) is 22.3. The van der Waals surface area contributed by atoms with Gasteiger partial charge in [-0.3, -0.25) is 0 Å².